The predicted octanol–water partition coefficient (Wildman–Crippen LogP) is 3.66. The van der Waals surface area contributed by atoms with Crippen LogP contribution in [0.15, 0.2) is 47.4 Å². The van der Waals surface area contributed by atoms with E-state index in [1.54, 1.807) is 6.07 Å². The highest BCUT2D eigenvalue weighted by molar-refractivity contribution is 7.92. The zero-order valence-electron chi connectivity index (χ0n) is 11.0. The minimum atomic E-state index is -3.26. The van der Waals surface area contributed by atoms with Crippen molar-refractivity contribution < 1.29 is 8.42 Å². The van der Waals surface area contributed by atoms with Gasteiger partial charge in [0, 0.05) is 0 Å². The third kappa shape index (κ3) is 1.89. The molecular weight excluding hydrogens is 256 g/mol. The van der Waals surface area contributed by atoms with Crippen LogP contribution in [0, 0.1) is 5.92 Å². The Morgan fingerprint density at radius 3 is 2.32 bits per heavy atom. The lowest BCUT2D eigenvalue weighted by atomic mass is 10.0. The molecule has 2 aromatic rings. The van der Waals surface area contributed by atoms with E-state index < -0.39 is 15.1 Å². The van der Waals surface area contributed by atoms with Crippen LogP contribution in [0.2, 0.25) is 0 Å². The largest absolute Gasteiger partial charge is 0.223 e. The molecule has 0 amide bonds. The second-order valence-corrected chi connectivity index (χ2v) is 7.42. The Labute approximate surface area is 113 Å². The molecule has 1 unspecified atom stereocenters. The topological polar surface area (TPSA) is 34.1 Å². The molecule has 0 aromatic heterocycles. The SMILES string of the molecule is CC(C)C1C=Cc2cc3ccccc3cc2S1(=O)=O. The normalized spacial score (nSPS) is 20.7. The van der Waals surface area contributed by atoms with E-state index in [1.165, 1.54) is 0 Å². The van der Waals surface area contributed by atoms with Gasteiger partial charge in [-0.2, -0.15) is 0 Å². The monoisotopic (exact) mass is 272 g/mol. The second-order valence-electron chi connectivity index (χ2n) is 5.35. The molecule has 0 fully saturated rings. The van der Waals surface area contributed by atoms with Crippen LogP contribution >= 0.6 is 0 Å². The molecule has 0 spiro atoms. The van der Waals surface area contributed by atoms with Crippen LogP contribution in [0.4, 0.5) is 0 Å². The van der Waals surface area contributed by atoms with E-state index in [9.17, 15) is 8.42 Å². The maximum Gasteiger partial charge on any atom is 0.185 e. The van der Waals surface area contributed by atoms with Crippen molar-refractivity contribution in [2.75, 3.05) is 0 Å². The van der Waals surface area contributed by atoms with Gasteiger partial charge in [0.1, 0.15) is 0 Å². The maximum atomic E-state index is 12.6. The molecule has 1 aliphatic rings. The smallest absolute Gasteiger partial charge is 0.185 e. The van der Waals surface area contributed by atoms with E-state index in [1.807, 2.05) is 56.3 Å². The predicted molar refractivity (Wildman–Crippen MR) is 78.8 cm³/mol. The Bertz CT molecular complexity index is 770. The van der Waals surface area contributed by atoms with Crippen molar-refractivity contribution in [3.8, 4) is 0 Å². The summed E-state index contributed by atoms with van der Waals surface area (Å²) in [5, 5.41) is 1.63. The van der Waals surface area contributed by atoms with Crippen molar-refractivity contribution in [3.63, 3.8) is 0 Å². The van der Waals surface area contributed by atoms with Gasteiger partial charge in [-0.15, -0.1) is 0 Å². The summed E-state index contributed by atoms with van der Waals surface area (Å²) < 4.78 is 25.3. The number of fused-ring (bicyclic) bond motifs is 2. The molecule has 1 heterocycles. The molecule has 98 valence electrons. The Kier molecular flexibility index (Phi) is 2.75. The maximum absolute atomic E-state index is 12.6. The number of hydrogen-bond acceptors (Lipinski definition) is 2. The van der Waals surface area contributed by atoms with E-state index in [-0.39, 0.29) is 5.92 Å². The average molecular weight is 272 g/mol. The first-order valence-electron chi connectivity index (χ1n) is 6.45. The summed E-state index contributed by atoms with van der Waals surface area (Å²) >= 11 is 0. The van der Waals surface area contributed by atoms with Gasteiger partial charge < -0.3 is 0 Å². The molecule has 1 atom stereocenters. The molecule has 2 nitrogen and oxygen atoms in total. The van der Waals surface area contributed by atoms with Gasteiger partial charge in [-0.25, -0.2) is 8.42 Å². The molecule has 1 aliphatic heterocycles. The van der Waals surface area contributed by atoms with Crippen LogP contribution in [0.5, 0.6) is 0 Å². The lowest BCUT2D eigenvalue weighted by Crippen LogP contribution is -2.27. The fourth-order valence-corrected chi connectivity index (χ4v) is 4.68. The van der Waals surface area contributed by atoms with Crippen molar-refractivity contribution in [3.05, 3.63) is 48.0 Å². The Morgan fingerprint density at radius 1 is 1.05 bits per heavy atom. The zero-order chi connectivity index (χ0) is 13.6. The summed E-state index contributed by atoms with van der Waals surface area (Å²) in [5.41, 5.74) is 0.801. The van der Waals surface area contributed by atoms with Crippen LogP contribution in [0.1, 0.15) is 19.4 Å². The molecule has 0 bridgehead atoms. The van der Waals surface area contributed by atoms with Gasteiger partial charge in [0.15, 0.2) is 9.84 Å². The molecule has 3 heteroatoms. The van der Waals surface area contributed by atoms with Crippen LogP contribution in [-0.4, -0.2) is 13.7 Å². The Morgan fingerprint density at radius 2 is 1.68 bits per heavy atom. The lowest BCUT2D eigenvalue weighted by Gasteiger charge is -2.23. The standard InChI is InChI=1S/C16H16O2S/c1-11(2)15-8-7-14-9-12-5-3-4-6-13(12)10-16(14)19(15,17)18/h3-11,15H,1-2H3. The summed E-state index contributed by atoms with van der Waals surface area (Å²) in [7, 11) is -3.26. The van der Waals surface area contributed by atoms with Gasteiger partial charge in [-0.3, -0.25) is 0 Å². The summed E-state index contributed by atoms with van der Waals surface area (Å²) in [6, 6.07) is 11.6. The van der Waals surface area contributed by atoms with Crippen molar-refractivity contribution in [1.82, 2.24) is 0 Å². The van der Waals surface area contributed by atoms with Crippen LogP contribution in [-0.2, 0) is 9.84 Å². The van der Waals surface area contributed by atoms with E-state index in [0.717, 1.165) is 16.3 Å². The highest BCUT2D eigenvalue weighted by Gasteiger charge is 2.32. The number of hydrogen-bond donors (Lipinski definition) is 0. The summed E-state index contributed by atoms with van der Waals surface area (Å²) in [4.78, 5) is 0.465. The van der Waals surface area contributed by atoms with E-state index >= 15 is 0 Å². The summed E-state index contributed by atoms with van der Waals surface area (Å²) in [6.07, 6.45) is 3.75. The molecule has 0 saturated carbocycles. The van der Waals surface area contributed by atoms with Crippen molar-refractivity contribution in [2.45, 2.75) is 24.0 Å². The van der Waals surface area contributed by atoms with Gasteiger partial charge in [-0.1, -0.05) is 50.3 Å². The average Bonchev–Trinajstić information content (AvgIpc) is 2.36. The van der Waals surface area contributed by atoms with Crippen LogP contribution in [0.25, 0.3) is 16.8 Å². The number of rotatable bonds is 1. The first-order valence-corrected chi connectivity index (χ1v) is 7.99. The Hall–Kier alpha value is -1.61. The van der Waals surface area contributed by atoms with E-state index in [4.69, 9.17) is 0 Å². The van der Waals surface area contributed by atoms with Gasteiger partial charge in [0.25, 0.3) is 0 Å². The minimum Gasteiger partial charge on any atom is -0.223 e. The molecule has 2 aromatic carbocycles. The van der Waals surface area contributed by atoms with Crippen molar-refractivity contribution in [2.24, 2.45) is 5.92 Å². The molecule has 0 radical (unpaired) electrons. The molecule has 0 saturated heterocycles. The number of sulfone groups is 1. The van der Waals surface area contributed by atoms with Crippen LogP contribution in [0.3, 0.4) is 0 Å². The first-order chi connectivity index (χ1) is 9.00. The fraction of sp³-hybridized carbons (Fsp3) is 0.250. The van der Waals surface area contributed by atoms with Crippen molar-refractivity contribution in [1.29, 1.82) is 0 Å². The molecule has 0 aliphatic carbocycles. The first kappa shape index (κ1) is 12.4. The van der Waals surface area contributed by atoms with Crippen molar-refractivity contribution >= 4 is 26.7 Å². The zero-order valence-corrected chi connectivity index (χ0v) is 11.8. The number of benzene rings is 2. The third-order valence-electron chi connectivity index (χ3n) is 3.67. The summed E-state index contributed by atoms with van der Waals surface area (Å²) in [5.74, 6) is 0.0841. The van der Waals surface area contributed by atoms with E-state index in [2.05, 4.69) is 0 Å². The third-order valence-corrected chi connectivity index (χ3v) is 6.05. The second kappa shape index (κ2) is 4.20. The molecule has 0 N–H and O–H groups in total. The Balaban J connectivity index is 2.30. The molecule has 3 rings (SSSR count). The molecule has 19 heavy (non-hydrogen) atoms. The summed E-state index contributed by atoms with van der Waals surface area (Å²) in [6.45, 7) is 3.89. The van der Waals surface area contributed by atoms with Gasteiger partial charge in [0.2, 0.25) is 0 Å². The van der Waals surface area contributed by atoms with Gasteiger partial charge in [0.05, 0.1) is 10.1 Å². The lowest BCUT2D eigenvalue weighted by molar-refractivity contribution is 0.560. The van der Waals surface area contributed by atoms with E-state index in [0.29, 0.717) is 4.90 Å². The van der Waals surface area contributed by atoms with Gasteiger partial charge in [-0.05, 0) is 34.4 Å². The highest BCUT2D eigenvalue weighted by Crippen LogP contribution is 2.33. The fourth-order valence-electron chi connectivity index (χ4n) is 2.64. The quantitative estimate of drug-likeness (QED) is 0.794. The minimum absolute atomic E-state index is 0.0841. The molecular formula is C16H16O2S. The van der Waals surface area contributed by atoms with Crippen LogP contribution < -0.4 is 0 Å². The highest BCUT2D eigenvalue weighted by atomic mass is 32.2. The van der Waals surface area contributed by atoms with Gasteiger partial charge >= 0.3 is 0 Å².